The minimum absolute atomic E-state index is 0.844. The molecule has 206 valence electrons. The third-order valence-electron chi connectivity index (χ3n) is 7.47. The summed E-state index contributed by atoms with van der Waals surface area (Å²) < 4.78 is 8.79. The van der Waals surface area contributed by atoms with Crippen LogP contribution in [-0.2, 0) is 4.74 Å². The normalized spacial score (nSPS) is 13.9. The van der Waals surface area contributed by atoms with Crippen molar-refractivity contribution in [1.29, 1.82) is 0 Å². The van der Waals surface area contributed by atoms with Crippen molar-refractivity contribution in [3.63, 3.8) is 0 Å². The van der Waals surface area contributed by atoms with E-state index in [0.29, 0.717) is 0 Å². The maximum absolute atomic E-state index is 4.83. The third kappa shape index (κ3) is 7.88. The van der Waals surface area contributed by atoms with Gasteiger partial charge >= 0.3 is 208 Å². The van der Waals surface area contributed by atoms with Gasteiger partial charge in [0.25, 0.3) is 0 Å². The molecule has 0 saturated carbocycles. The summed E-state index contributed by atoms with van der Waals surface area (Å²) in [7, 11) is -5.42. The van der Waals surface area contributed by atoms with Crippen LogP contribution in [0.2, 0.25) is 86.6 Å². The molecule has 0 saturated heterocycles. The molecule has 1 aliphatic carbocycles. The molecule has 0 amide bonds. The van der Waals surface area contributed by atoms with E-state index in [9.17, 15) is 0 Å². The monoisotopic (exact) mass is 630 g/mol. The molecule has 0 unspecified atom stereocenters. The van der Waals surface area contributed by atoms with E-state index in [1.54, 1.807) is 11.1 Å². The van der Waals surface area contributed by atoms with Crippen molar-refractivity contribution in [2.75, 3.05) is 13.2 Å². The molecule has 6 heteroatoms. The molecule has 3 rings (SSSR count). The molecule has 1 nitrogen and oxygen atoms in total. The first kappa shape index (κ1) is 32.9. The van der Waals surface area contributed by atoms with Crippen LogP contribution in [0, 0.1) is 0 Å². The van der Waals surface area contributed by atoms with E-state index >= 15 is 0 Å². The summed E-state index contributed by atoms with van der Waals surface area (Å²) in [5, 5.41) is 0. The first-order valence-corrected chi connectivity index (χ1v) is 32.2. The first-order valence-electron chi connectivity index (χ1n) is 14.4. The van der Waals surface area contributed by atoms with E-state index in [1.807, 2.05) is 18.2 Å². The molecule has 0 radical (unpaired) electrons. The molecule has 0 fully saturated rings. The van der Waals surface area contributed by atoms with Crippen molar-refractivity contribution >= 4 is 50.6 Å². The number of hydrogen-bond acceptors (Lipinski definition) is 1. The van der Waals surface area contributed by atoms with Crippen molar-refractivity contribution in [3.8, 4) is 11.1 Å². The minimum atomic E-state index is -1.73. The summed E-state index contributed by atoms with van der Waals surface area (Å²) >= 11 is -1.73. The van der Waals surface area contributed by atoms with E-state index in [1.165, 1.54) is 11.1 Å². The van der Waals surface area contributed by atoms with Gasteiger partial charge in [-0.25, -0.2) is 0 Å². The summed E-state index contributed by atoms with van der Waals surface area (Å²) in [5.74, 6) is 0. The molecular weight excluding hydrogens is 573 g/mol. The van der Waals surface area contributed by atoms with Crippen LogP contribution in [-0.4, -0.2) is 63.8 Å². The molecule has 0 bridgehead atoms. The Morgan fingerprint density at radius 1 is 0.514 bits per heavy atom. The molecule has 0 heterocycles. The Bertz CT molecular complexity index is 970. The maximum atomic E-state index is 4.83. The molecule has 0 aromatic heterocycles. The Kier molecular flexibility index (Phi) is 11.1. The number of ether oxygens (including phenoxy) is 1. The second-order valence-corrected chi connectivity index (χ2v) is 47.7. The zero-order chi connectivity index (χ0) is 28.4. The van der Waals surface area contributed by atoms with E-state index in [-0.39, 0.29) is 0 Å². The predicted octanol–water partition coefficient (Wildman–Crippen LogP) is 9.61. The Hall–Kier alpha value is -0.320. The number of rotatable bonds is 8. The van der Waals surface area contributed by atoms with Crippen LogP contribution in [0.15, 0.2) is 48.5 Å². The third-order valence-corrected chi connectivity index (χ3v) is 58.0. The standard InChI is InChI=1S/C27H46GeSi4.C4H10O/c1-29(2,3)26(30(4,5)6)28(27(31(7,8)9)32(10,11)12)25-23-19-15-13-17-21(23)22-18-14-16-20-24(22)25;1-3-5-4-2/h13-20,26-27H,1-12H3;3-4H2,1-2H3. The average Bonchev–Trinajstić information content (AvgIpc) is 3.04. The number of fused-ring (bicyclic) bond motifs is 3. The fourth-order valence-corrected chi connectivity index (χ4v) is 69.5. The fraction of sp³-hybridized carbons (Fsp3) is 0.581. The molecule has 2 aromatic rings. The number of benzene rings is 2. The van der Waals surface area contributed by atoms with Gasteiger partial charge in [-0.05, 0) is 13.8 Å². The van der Waals surface area contributed by atoms with Crippen molar-refractivity contribution in [3.05, 3.63) is 59.7 Å². The molecule has 1 aliphatic rings. The quantitative estimate of drug-likeness (QED) is 0.226. The molecule has 0 N–H and O–H groups in total. The average molecular weight is 630 g/mol. The van der Waals surface area contributed by atoms with Gasteiger partial charge < -0.3 is 4.74 Å². The number of hydrogen-bond donors (Lipinski definition) is 0. The summed E-state index contributed by atoms with van der Waals surface area (Å²) in [4.78, 5) is 0. The second kappa shape index (κ2) is 12.5. The van der Waals surface area contributed by atoms with Gasteiger partial charge in [-0.2, -0.15) is 0 Å². The van der Waals surface area contributed by atoms with Crippen LogP contribution in [0.5, 0.6) is 0 Å². The Morgan fingerprint density at radius 3 is 1.00 bits per heavy atom. The fourth-order valence-electron chi connectivity index (χ4n) is 7.45. The summed E-state index contributed by atoms with van der Waals surface area (Å²) in [6.45, 7) is 38.2. The van der Waals surface area contributed by atoms with Crippen molar-refractivity contribution in [2.24, 2.45) is 0 Å². The zero-order valence-corrected chi connectivity index (χ0v) is 32.7. The first-order chi connectivity index (χ1) is 16.9. The predicted molar refractivity (Wildman–Crippen MR) is 184 cm³/mol. The summed E-state index contributed by atoms with van der Waals surface area (Å²) in [5.41, 5.74) is 6.26. The van der Waals surface area contributed by atoms with Crippen molar-refractivity contribution in [1.82, 2.24) is 0 Å². The van der Waals surface area contributed by atoms with Gasteiger partial charge in [0.15, 0.2) is 0 Å². The van der Waals surface area contributed by atoms with Gasteiger partial charge in [-0.1, -0.05) is 0 Å². The van der Waals surface area contributed by atoms with E-state index in [4.69, 9.17) is 4.74 Å². The summed E-state index contributed by atoms with van der Waals surface area (Å²) in [6.07, 6.45) is 0. The van der Waals surface area contributed by atoms with Gasteiger partial charge in [0.1, 0.15) is 0 Å². The SMILES string of the molecule is CCOCC.C[Si](C)(C)[CH]([Ge](=[C]1c2ccccc2-c2ccccc21)[CH]([Si](C)(C)C)[Si](C)(C)C)[Si](C)(C)C. The van der Waals surface area contributed by atoms with Crippen molar-refractivity contribution in [2.45, 2.75) is 100 Å². The molecule has 37 heavy (non-hydrogen) atoms. The molecule has 2 aromatic carbocycles. The van der Waals surface area contributed by atoms with E-state index < -0.39 is 46.2 Å². The molecule has 0 spiro atoms. The van der Waals surface area contributed by atoms with Crippen LogP contribution in [0.1, 0.15) is 25.0 Å². The van der Waals surface area contributed by atoms with Crippen molar-refractivity contribution < 1.29 is 4.74 Å². The van der Waals surface area contributed by atoms with E-state index in [2.05, 4.69) is 127 Å². The summed E-state index contributed by atoms with van der Waals surface area (Å²) in [6, 6.07) is 18.9. The Balaban J connectivity index is 0.000000877. The van der Waals surface area contributed by atoms with Gasteiger partial charge in [0, 0.05) is 13.2 Å². The van der Waals surface area contributed by atoms with Gasteiger partial charge in [0.05, 0.1) is 0 Å². The van der Waals surface area contributed by atoms with Crippen LogP contribution in [0.4, 0.5) is 0 Å². The van der Waals surface area contributed by atoms with Gasteiger partial charge in [-0.15, -0.1) is 0 Å². The molecular formula is C31H56GeOSi4. The van der Waals surface area contributed by atoms with Crippen LogP contribution >= 0.6 is 0 Å². The van der Waals surface area contributed by atoms with Crippen LogP contribution in [0.25, 0.3) is 11.1 Å². The Labute approximate surface area is 238 Å². The topological polar surface area (TPSA) is 9.23 Å². The van der Waals surface area contributed by atoms with E-state index in [0.717, 1.165) is 21.2 Å². The molecule has 0 aliphatic heterocycles. The van der Waals surface area contributed by atoms with Gasteiger partial charge in [0.2, 0.25) is 0 Å². The second-order valence-electron chi connectivity index (χ2n) is 15.0. The van der Waals surface area contributed by atoms with Crippen LogP contribution in [0.3, 0.4) is 0 Å². The van der Waals surface area contributed by atoms with Gasteiger partial charge in [-0.3, -0.25) is 0 Å². The molecule has 0 atom stereocenters. The van der Waals surface area contributed by atoms with Crippen LogP contribution < -0.4 is 0 Å². The zero-order valence-electron chi connectivity index (χ0n) is 26.6. The Morgan fingerprint density at radius 2 is 0.784 bits per heavy atom.